The third-order valence-corrected chi connectivity index (χ3v) is 3.22. The highest BCUT2D eigenvalue weighted by molar-refractivity contribution is 5.80. The average Bonchev–Trinajstić information content (AvgIpc) is 2.49. The fraction of sp³-hybridized carbons (Fsp3) is 0.0556. The quantitative estimate of drug-likeness (QED) is 0.636. The minimum absolute atomic E-state index is 1.04. The summed E-state index contributed by atoms with van der Waals surface area (Å²) in [6, 6.07) is 23.0. The average molecular weight is 245 g/mol. The van der Waals surface area contributed by atoms with E-state index in [1.807, 2.05) is 18.3 Å². The van der Waals surface area contributed by atoms with E-state index in [4.69, 9.17) is 0 Å². The predicted octanol–water partition coefficient (Wildman–Crippen LogP) is 4.72. The number of pyridine rings is 1. The summed E-state index contributed by atoms with van der Waals surface area (Å²) < 4.78 is 0. The maximum Gasteiger partial charge on any atom is 0.0780 e. The summed E-state index contributed by atoms with van der Waals surface area (Å²) in [4.78, 5) is 4.55. The van der Waals surface area contributed by atoms with Crippen LogP contribution in [-0.2, 0) is 0 Å². The molecule has 1 heteroatoms. The molecule has 19 heavy (non-hydrogen) atoms. The lowest BCUT2D eigenvalue weighted by Gasteiger charge is -2.09. The van der Waals surface area contributed by atoms with Crippen LogP contribution in [0.25, 0.3) is 22.4 Å². The second kappa shape index (κ2) is 5.07. The molecule has 92 valence electrons. The summed E-state index contributed by atoms with van der Waals surface area (Å²) >= 11 is 0. The smallest absolute Gasteiger partial charge is 0.0780 e. The molecule has 0 spiro atoms. The Hall–Kier alpha value is -2.41. The standard InChI is InChI=1S/C18H15N/c1-14-9-11-16(12-10-14)18-17(8-5-13-19-18)15-6-3-2-4-7-15/h2-13H,1H3. The van der Waals surface area contributed by atoms with Crippen LogP contribution in [0.3, 0.4) is 0 Å². The maximum atomic E-state index is 4.55. The number of aromatic nitrogens is 1. The third kappa shape index (κ3) is 2.41. The summed E-state index contributed by atoms with van der Waals surface area (Å²) in [6.45, 7) is 2.10. The highest BCUT2D eigenvalue weighted by Gasteiger charge is 2.07. The lowest BCUT2D eigenvalue weighted by molar-refractivity contribution is 1.32. The molecule has 0 saturated carbocycles. The zero-order chi connectivity index (χ0) is 13.1. The SMILES string of the molecule is Cc1ccc(-c2ncccc2-c2ccccc2)cc1. The number of hydrogen-bond acceptors (Lipinski definition) is 1. The van der Waals surface area contributed by atoms with Gasteiger partial charge in [-0.3, -0.25) is 4.98 Å². The number of benzene rings is 2. The molecule has 3 aromatic rings. The molecule has 2 aromatic carbocycles. The van der Waals surface area contributed by atoms with Gasteiger partial charge in [0, 0.05) is 17.3 Å². The largest absolute Gasteiger partial charge is 0.256 e. The van der Waals surface area contributed by atoms with E-state index in [0.29, 0.717) is 0 Å². The van der Waals surface area contributed by atoms with Gasteiger partial charge in [-0.2, -0.15) is 0 Å². The summed E-state index contributed by atoms with van der Waals surface area (Å²) in [5.74, 6) is 0. The predicted molar refractivity (Wildman–Crippen MR) is 79.8 cm³/mol. The maximum absolute atomic E-state index is 4.55. The summed E-state index contributed by atoms with van der Waals surface area (Å²) in [5, 5.41) is 0. The van der Waals surface area contributed by atoms with Crippen molar-refractivity contribution in [2.45, 2.75) is 6.92 Å². The molecule has 0 aliphatic rings. The van der Waals surface area contributed by atoms with Gasteiger partial charge in [-0.05, 0) is 18.6 Å². The van der Waals surface area contributed by atoms with Gasteiger partial charge in [0.05, 0.1) is 5.69 Å². The normalized spacial score (nSPS) is 10.4. The Morgan fingerprint density at radius 1 is 0.684 bits per heavy atom. The molecule has 0 radical (unpaired) electrons. The lowest BCUT2D eigenvalue weighted by Crippen LogP contribution is -1.88. The second-order valence-electron chi connectivity index (χ2n) is 4.63. The Morgan fingerprint density at radius 3 is 2.16 bits per heavy atom. The highest BCUT2D eigenvalue weighted by atomic mass is 14.7. The van der Waals surface area contributed by atoms with Crippen LogP contribution < -0.4 is 0 Å². The van der Waals surface area contributed by atoms with Crippen molar-refractivity contribution in [3.8, 4) is 22.4 Å². The van der Waals surface area contributed by atoms with Gasteiger partial charge in [0.15, 0.2) is 0 Å². The number of hydrogen-bond donors (Lipinski definition) is 0. The van der Waals surface area contributed by atoms with Crippen molar-refractivity contribution in [2.75, 3.05) is 0 Å². The van der Waals surface area contributed by atoms with Gasteiger partial charge in [-0.1, -0.05) is 66.2 Å². The van der Waals surface area contributed by atoms with E-state index in [-0.39, 0.29) is 0 Å². The molecular weight excluding hydrogens is 230 g/mol. The Bertz CT molecular complexity index is 670. The van der Waals surface area contributed by atoms with Crippen LogP contribution in [-0.4, -0.2) is 4.98 Å². The first-order valence-corrected chi connectivity index (χ1v) is 6.42. The lowest BCUT2D eigenvalue weighted by atomic mass is 9.99. The van der Waals surface area contributed by atoms with Crippen molar-refractivity contribution in [1.82, 2.24) is 4.98 Å². The van der Waals surface area contributed by atoms with E-state index in [1.165, 1.54) is 16.7 Å². The van der Waals surface area contributed by atoms with Crippen LogP contribution in [0, 0.1) is 6.92 Å². The van der Waals surface area contributed by atoms with Crippen molar-refractivity contribution >= 4 is 0 Å². The van der Waals surface area contributed by atoms with Crippen molar-refractivity contribution in [2.24, 2.45) is 0 Å². The van der Waals surface area contributed by atoms with Crippen molar-refractivity contribution < 1.29 is 0 Å². The van der Waals surface area contributed by atoms with Crippen LogP contribution in [0.15, 0.2) is 72.9 Å². The first kappa shape index (κ1) is 11.7. The molecule has 0 aliphatic carbocycles. The van der Waals surface area contributed by atoms with Gasteiger partial charge < -0.3 is 0 Å². The fourth-order valence-corrected chi connectivity index (χ4v) is 2.20. The van der Waals surface area contributed by atoms with Crippen LogP contribution in [0.1, 0.15) is 5.56 Å². The monoisotopic (exact) mass is 245 g/mol. The molecule has 0 bridgehead atoms. The van der Waals surface area contributed by atoms with Crippen LogP contribution in [0.4, 0.5) is 0 Å². The van der Waals surface area contributed by atoms with Crippen molar-refractivity contribution in [1.29, 1.82) is 0 Å². The molecule has 1 nitrogen and oxygen atoms in total. The van der Waals surface area contributed by atoms with Gasteiger partial charge in [0.25, 0.3) is 0 Å². The molecule has 0 saturated heterocycles. The number of rotatable bonds is 2. The summed E-state index contributed by atoms with van der Waals surface area (Å²) in [7, 11) is 0. The van der Waals surface area contributed by atoms with Crippen LogP contribution in [0.2, 0.25) is 0 Å². The zero-order valence-corrected chi connectivity index (χ0v) is 10.9. The Balaban J connectivity index is 2.15. The third-order valence-electron chi connectivity index (χ3n) is 3.22. The van der Waals surface area contributed by atoms with Crippen LogP contribution in [0.5, 0.6) is 0 Å². The molecule has 0 aliphatic heterocycles. The van der Waals surface area contributed by atoms with Gasteiger partial charge >= 0.3 is 0 Å². The first-order valence-electron chi connectivity index (χ1n) is 6.42. The van der Waals surface area contributed by atoms with E-state index in [2.05, 4.69) is 66.5 Å². The number of aryl methyl sites for hydroxylation is 1. The fourth-order valence-electron chi connectivity index (χ4n) is 2.20. The molecular formula is C18H15N. The highest BCUT2D eigenvalue weighted by Crippen LogP contribution is 2.29. The van der Waals surface area contributed by atoms with Crippen molar-refractivity contribution in [3.63, 3.8) is 0 Å². The molecule has 0 amide bonds. The first-order chi connectivity index (χ1) is 9.34. The summed E-state index contributed by atoms with van der Waals surface area (Å²) in [6.07, 6.45) is 1.85. The van der Waals surface area contributed by atoms with E-state index < -0.39 is 0 Å². The van der Waals surface area contributed by atoms with Gasteiger partial charge in [-0.25, -0.2) is 0 Å². The van der Waals surface area contributed by atoms with Gasteiger partial charge in [0.1, 0.15) is 0 Å². The van der Waals surface area contributed by atoms with E-state index in [1.54, 1.807) is 0 Å². The minimum atomic E-state index is 1.04. The van der Waals surface area contributed by atoms with Crippen molar-refractivity contribution in [3.05, 3.63) is 78.5 Å². The summed E-state index contributed by atoms with van der Waals surface area (Å²) in [5.41, 5.74) is 5.83. The molecule has 0 fully saturated rings. The Kier molecular flexibility index (Phi) is 3.11. The minimum Gasteiger partial charge on any atom is -0.256 e. The topological polar surface area (TPSA) is 12.9 Å². The molecule has 3 rings (SSSR count). The second-order valence-corrected chi connectivity index (χ2v) is 4.63. The van der Waals surface area contributed by atoms with Crippen LogP contribution >= 0.6 is 0 Å². The molecule has 1 aromatic heterocycles. The van der Waals surface area contributed by atoms with Gasteiger partial charge in [0.2, 0.25) is 0 Å². The number of nitrogens with zero attached hydrogens (tertiary/aromatic N) is 1. The molecule has 0 atom stereocenters. The zero-order valence-electron chi connectivity index (χ0n) is 10.9. The molecule has 1 heterocycles. The molecule has 0 unspecified atom stereocenters. The molecule has 0 N–H and O–H groups in total. The van der Waals surface area contributed by atoms with Gasteiger partial charge in [-0.15, -0.1) is 0 Å². The van der Waals surface area contributed by atoms with E-state index >= 15 is 0 Å². The van der Waals surface area contributed by atoms with E-state index in [9.17, 15) is 0 Å². The Morgan fingerprint density at radius 2 is 1.42 bits per heavy atom. The Labute approximate surface area is 113 Å². The van der Waals surface area contributed by atoms with E-state index in [0.717, 1.165) is 11.3 Å².